The Kier molecular flexibility index (Phi) is 7.67. The molecule has 0 saturated heterocycles. The largest absolute Gasteiger partial charge is 0.495 e. The Morgan fingerprint density at radius 3 is 2.30 bits per heavy atom. The summed E-state index contributed by atoms with van der Waals surface area (Å²) in [6, 6.07) is 16.9. The number of hydrogen-bond acceptors (Lipinski definition) is 5. The van der Waals surface area contributed by atoms with Crippen molar-refractivity contribution < 1.29 is 27.1 Å². The molecule has 0 aliphatic rings. The summed E-state index contributed by atoms with van der Waals surface area (Å²) in [6.45, 7) is 0. The summed E-state index contributed by atoms with van der Waals surface area (Å²) in [6.07, 6.45) is 0.185. The SMILES string of the molecule is COc1cc(NC(=O)C(Cc2ccccc2)NC(=O)c2ccc(F)cc2)ccc1S(=O)(=O)Cl. The van der Waals surface area contributed by atoms with Gasteiger partial charge in [-0.25, -0.2) is 12.8 Å². The van der Waals surface area contributed by atoms with Gasteiger partial charge in [0.2, 0.25) is 5.91 Å². The van der Waals surface area contributed by atoms with E-state index in [9.17, 15) is 22.4 Å². The fourth-order valence-electron chi connectivity index (χ4n) is 3.08. The van der Waals surface area contributed by atoms with Crippen LogP contribution >= 0.6 is 10.7 Å². The number of methoxy groups -OCH3 is 1. The average molecular weight is 491 g/mol. The third kappa shape index (κ3) is 6.53. The summed E-state index contributed by atoms with van der Waals surface area (Å²) in [7, 11) is 2.63. The quantitative estimate of drug-likeness (QED) is 0.468. The van der Waals surface area contributed by atoms with Crippen LogP contribution in [-0.2, 0) is 20.3 Å². The molecule has 2 amide bonds. The van der Waals surface area contributed by atoms with Gasteiger partial charge < -0.3 is 15.4 Å². The zero-order chi connectivity index (χ0) is 24.0. The minimum Gasteiger partial charge on any atom is -0.495 e. The van der Waals surface area contributed by atoms with E-state index in [0.717, 1.165) is 17.7 Å². The topological polar surface area (TPSA) is 102 Å². The zero-order valence-corrected chi connectivity index (χ0v) is 19.0. The first kappa shape index (κ1) is 24.2. The van der Waals surface area contributed by atoms with E-state index in [2.05, 4.69) is 10.6 Å². The summed E-state index contributed by atoms with van der Waals surface area (Å²) in [5.74, 6) is -1.62. The van der Waals surface area contributed by atoms with Crippen molar-refractivity contribution in [2.24, 2.45) is 0 Å². The molecule has 2 N–H and O–H groups in total. The molecule has 0 heterocycles. The lowest BCUT2D eigenvalue weighted by Crippen LogP contribution is -2.45. The second kappa shape index (κ2) is 10.5. The van der Waals surface area contributed by atoms with Gasteiger partial charge in [0.1, 0.15) is 22.5 Å². The molecule has 0 aliphatic heterocycles. The second-order valence-electron chi connectivity index (χ2n) is 7.02. The Hall–Kier alpha value is -3.43. The van der Waals surface area contributed by atoms with Crippen LogP contribution in [0.5, 0.6) is 5.75 Å². The smallest absolute Gasteiger partial charge is 0.264 e. The molecule has 0 saturated carbocycles. The number of benzene rings is 3. The van der Waals surface area contributed by atoms with Crippen LogP contribution in [0.2, 0.25) is 0 Å². The highest BCUT2D eigenvalue weighted by molar-refractivity contribution is 8.13. The van der Waals surface area contributed by atoms with Gasteiger partial charge in [-0.3, -0.25) is 9.59 Å². The van der Waals surface area contributed by atoms with Crippen LogP contribution in [0, 0.1) is 5.82 Å². The van der Waals surface area contributed by atoms with Crippen LogP contribution in [0.15, 0.2) is 77.7 Å². The molecule has 0 aromatic heterocycles. The van der Waals surface area contributed by atoms with Crippen molar-refractivity contribution in [1.29, 1.82) is 0 Å². The minimum atomic E-state index is -4.05. The number of amides is 2. The van der Waals surface area contributed by atoms with E-state index in [1.54, 1.807) is 0 Å². The molecule has 33 heavy (non-hydrogen) atoms. The molecule has 3 aromatic rings. The summed E-state index contributed by atoms with van der Waals surface area (Å²) >= 11 is 0. The number of carbonyl (C=O) groups is 2. The average Bonchev–Trinajstić information content (AvgIpc) is 2.78. The normalized spacial score (nSPS) is 12.0. The van der Waals surface area contributed by atoms with Crippen LogP contribution in [0.4, 0.5) is 10.1 Å². The Bertz CT molecular complexity index is 1250. The van der Waals surface area contributed by atoms with Crippen molar-refractivity contribution in [2.75, 3.05) is 12.4 Å². The van der Waals surface area contributed by atoms with Crippen LogP contribution in [0.25, 0.3) is 0 Å². The van der Waals surface area contributed by atoms with E-state index in [0.29, 0.717) is 0 Å². The molecule has 7 nitrogen and oxygen atoms in total. The number of hydrogen-bond donors (Lipinski definition) is 2. The number of rotatable bonds is 8. The Morgan fingerprint density at radius 2 is 1.70 bits per heavy atom. The lowest BCUT2D eigenvalue weighted by Gasteiger charge is -2.19. The third-order valence-corrected chi connectivity index (χ3v) is 6.07. The first-order valence-electron chi connectivity index (χ1n) is 9.71. The number of nitrogens with one attached hydrogen (secondary N) is 2. The fraction of sp³-hybridized carbons (Fsp3) is 0.130. The van der Waals surface area contributed by atoms with Crippen LogP contribution in [0.1, 0.15) is 15.9 Å². The molecule has 172 valence electrons. The number of ether oxygens (including phenoxy) is 1. The Balaban J connectivity index is 1.84. The van der Waals surface area contributed by atoms with Gasteiger partial charge in [-0.2, -0.15) is 0 Å². The molecular formula is C23H20ClFN2O5S. The van der Waals surface area contributed by atoms with Crippen LogP contribution in [0.3, 0.4) is 0 Å². The van der Waals surface area contributed by atoms with Gasteiger partial charge in [-0.1, -0.05) is 30.3 Å². The highest BCUT2D eigenvalue weighted by Gasteiger charge is 2.23. The van der Waals surface area contributed by atoms with Crippen molar-refractivity contribution >= 4 is 37.2 Å². The first-order valence-corrected chi connectivity index (χ1v) is 12.0. The van der Waals surface area contributed by atoms with Gasteiger partial charge in [0.25, 0.3) is 15.0 Å². The molecule has 1 atom stereocenters. The van der Waals surface area contributed by atoms with Crippen LogP contribution in [-0.4, -0.2) is 33.4 Å². The van der Waals surface area contributed by atoms with E-state index in [-0.39, 0.29) is 28.3 Å². The van der Waals surface area contributed by atoms with Gasteiger partial charge in [0.05, 0.1) is 7.11 Å². The van der Waals surface area contributed by atoms with Crippen molar-refractivity contribution in [2.45, 2.75) is 17.4 Å². The predicted octanol–water partition coefficient (Wildman–Crippen LogP) is 3.74. The van der Waals surface area contributed by atoms with E-state index < -0.39 is 32.7 Å². The molecule has 0 radical (unpaired) electrons. The lowest BCUT2D eigenvalue weighted by atomic mass is 10.0. The summed E-state index contributed by atoms with van der Waals surface area (Å²) in [5.41, 5.74) is 1.24. The van der Waals surface area contributed by atoms with Gasteiger partial charge >= 0.3 is 0 Å². The molecular weight excluding hydrogens is 471 g/mol. The Morgan fingerprint density at radius 1 is 1.03 bits per heavy atom. The standard InChI is InChI=1S/C23H20ClFN2O5S/c1-32-20-14-18(11-12-21(20)33(24,30)31)26-23(29)19(13-15-5-3-2-4-6-15)27-22(28)16-7-9-17(25)10-8-16/h2-12,14,19H,13H2,1H3,(H,26,29)(H,27,28). The lowest BCUT2D eigenvalue weighted by molar-refractivity contribution is -0.118. The molecule has 0 fully saturated rings. The minimum absolute atomic E-state index is 0.0437. The number of anilines is 1. The predicted molar refractivity (Wildman–Crippen MR) is 122 cm³/mol. The Labute approximate surface area is 195 Å². The van der Waals surface area contributed by atoms with Crippen molar-refractivity contribution in [1.82, 2.24) is 5.32 Å². The maximum absolute atomic E-state index is 13.2. The van der Waals surface area contributed by atoms with Gasteiger partial charge in [-0.15, -0.1) is 0 Å². The van der Waals surface area contributed by atoms with Crippen molar-refractivity contribution in [3.8, 4) is 5.75 Å². The van der Waals surface area contributed by atoms with E-state index in [1.165, 1.54) is 37.4 Å². The summed E-state index contributed by atoms with van der Waals surface area (Å²) < 4.78 is 41.6. The monoisotopic (exact) mass is 490 g/mol. The molecule has 3 rings (SSSR count). The fourth-order valence-corrected chi connectivity index (χ4v) is 4.07. The van der Waals surface area contributed by atoms with E-state index in [1.807, 2.05) is 30.3 Å². The first-order chi connectivity index (χ1) is 15.7. The number of halogens is 2. The van der Waals surface area contributed by atoms with Gasteiger partial charge in [-0.05, 0) is 42.0 Å². The summed E-state index contributed by atoms with van der Waals surface area (Å²) in [5, 5.41) is 5.31. The third-order valence-electron chi connectivity index (χ3n) is 4.70. The summed E-state index contributed by atoms with van der Waals surface area (Å²) in [4.78, 5) is 25.5. The molecule has 3 aromatic carbocycles. The molecule has 0 spiro atoms. The van der Waals surface area contributed by atoms with Gasteiger partial charge in [0, 0.05) is 34.4 Å². The molecule has 0 bridgehead atoms. The molecule has 0 aliphatic carbocycles. The van der Waals surface area contributed by atoms with Crippen LogP contribution < -0.4 is 15.4 Å². The zero-order valence-electron chi connectivity index (χ0n) is 17.4. The number of carbonyl (C=O) groups excluding carboxylic acids is 2. The van der Waals surface area contributed by atoms with Crippen molar-refractivity contribution in [3.63, 3.8) is 0 Å². The highest BCUT2D eigenvalue weighted by atomic mass is 35.7. The maximum Gasteiger partial charge on any atom is 0.264 e. The van der Waals surface area contributed by atoms with E-state index in [4.69, 9.17) is 15.4 Å². The second-order valence-corrected chi connectivity index (χ2v) is 9.55. The highest BCUT2D eigenvalue weighted by Crippen LogP contribution is 2.29. The molecule has 10 heteroatoms. The van der Waals surface area contributed by atoms with Crippen molar-refractivity contribution in [3.05, 3.63) is 89.7 Å². The maximum atomic E-state index is 13.2. The molecule has 1 unspecified atom stereocenters. The van der Waals surface area contributed by atoms with Gasteiger partial charge in [0.15, 0.2) is 0 Å². The van der Waals surface area contributed by atoms with E-state index >= 15 is 0 Å².